The van der Waals surface area contributed by atoms with Crippen molar-refractivity contribution < 1.29 is 18.0 Å². The van der Waals surface area contributed by atoms with E-state index >= 15 is 0 Å². The number of rotatable bonds is 6. The van der Waals surface area contributed by atoms with Gasteiger partial charge in [0.05, 0.1) is 10.1 Å². The number of aryl methyl sites for hydroxylation is 1. The van der Waals surface area contributed by atoms with Crippen molar-refractivity contribution in [2.24, 2.45) is 5.92 Å². The summed E-state index contributed by atoms with van der Waals surface area (Å²) in [6.45, 7) is 6.94. The van der Waals surface area contributed by atoms with Crippen LogP contribution in [0.5, 0.6) is 0 Å². The fraction of sp³-hybridized carbons (Fsp3) is 0.417. The second-order valence-electron chi connectivity index (χ2n) is 8.58. The van der Waals surface area contributed by atoms with E-state index < -0.39 is 15.1 Å². The molecule has 8 heteroatoms. The van der Waals surface area contributed by atoms with Crippen LogP contribution in [0.1, 0.15) is 42.6 Å². The van der Waals surface area contributed by atoms with Crippen molar-refractivity contribution in [1.29, 1.82) is 0 Å². The van der Waals surface area contributed by atoms with Gasteiger partial charge in [0.25, 0.3) is 5.91 Å². The topological polar surface area (TPSA) is 95.6 Å². The lowest BCUT2D eigenvalue weighted by molar-refractivity contribution is 0.0675. The standard InChI is InChI=1S/C24H31N3O4S/c1-17(2)32(30,31)22-12-8-20(9-13-22)23(28)27-14-4-5-19(16-27)15-25-24(29)26-21-10-6-18(3)7-11-21/h6-13,17,19H,4-5,14-16H2,1-3H3,(H2,25,26,29). The third-order valence-electron chi connectivity index (χ3n) is 5.72. The lowest BCUT2D eigenvalue weighted by atomic mass is 9.97. The highest BCUT2D eigenvalue weighted by Gasteiger charge is 2.26. The Labute approximate surface area is 190 Å². The van der Waals surface area contributed by atoms with Crippen LogP contribution in [0.25, 0.3) is 0 Å². The van der Waals surface area contributed by atoms with E-state index in [1.165, 1.54) is 12.1 Å². The van der Waals surface area contributed by atoms with Gasteiger partial charge in [-0.05, 0) is 75.9 Å². The number of nitrogens with one attached hydrogen (secondary N) is 2. The number of benzene rings is 2. The molecule has 1 aliphatic heterocycles. The van der Waals surface area contributed by atoms with E-state index in [0.29, 0.717) is 25.2 Å². The third kappa shape index (κ3) is 5.88. The number of amides is 3. The molecule has 7 nitrogen and oxygen atoms in total. The molecule has 3 amide bonds. The number of carbonyl (C=O) groups excluding carboxylic acids is 2. The van der Waals surface area contributed by atoms with Crippen molar-refractivity contribution in [1.82, 2.24) is 10.2 Å². The molecule has 1 saturated heterocycles. The van der Waals surface area contributed by atoms with Gasteiger partial charge in [0.15, 0.2) is 9.84 Å². The molecule has 32 heavy (non-hydrogen) atoms. The maximum Gasteiger partial charge on any atom is 0.319 e. The van der Waals surface area contributed by atoms with Crippen LogP contribution in [-0.4, -0.2) is 50.1 Å². The lowest BCUT2D eigenvalue weighted by Gasteiger charge is -2.33. The number of sulfone groups is 1. The highest BCUT2D eigenvalue weighted by molar-refractivity contribution is 7.92. The van der Waals surface area contributed by atoms with Crippen molar-refractivity contribution in [3.63, 3.8) is 0 Å². The van der Waals surface area contributed by atoms with Gasteiger partial charge in [-0.3, -0.25) is 4.79 Å². The van der Waals surface area contributed by atoms with Crippen LogP contribution in [0.4, 0.5) is 10.5 Å². The zero-order chi connectivity index (χ0) is 23.3. The zero-order valence-corrected chi connectivity index (χ0v) is 19.6. The van der Waals surface area contributed by atoms with Crippen LogP contribution in [-0.2, 0) is 9.84 Å². The Hall–Kier alpha value is -2.87. The number of anilines is 1. The molecule has 2 aromatic rings. The van der Waals surface area contributed by atoms with Gasteiger partial charge < -0.3 is 15.5 Å². The molecule has 1 atom stereocenters. The van der Waals surface area contributed by atoms with Gasteiger partial charge in [-0.1, -0.05) is 17.7 Å². The molecule has 0 aromatic heterocycles. The predicted molar refractivity (Wildman–Crippen MR) is 126 cm³/mol. The minimum Gasteiger partial charge on any atom is -0.338 e. The molecule has 2 aromatic carbocycles. The van der Waals surface area contributed by atoms with Crippen molar-refractivity contribution in [3.8, 4) is 0 Å². The number of carbonyl (C=O) groups is 2. The van der Waals surface area contributed by atoms with E-state index in [2.05, 4.69) is 10.6 Å². The van der Waals surface area contributed by atoms with E-state index in [1.807, 2.05) is 31.2 Å². The fourth-order valence-corrected chi connectivity index (χ4v) is 4.77. The van der Waals surface area contributed by atoms with E-state index in [0.717, 1.165) is 24.1 Å². The molecule has 0 bridgehead atoms. The first kappa shape index (κ1) is 23.8. The molecule has 1 unspecified atom stereocenters. The summed E-state index contributed by atoms with van der Waals surface area (Å²) in [7, 11) is -3.36. The Kier molecular flexibility index (Phi) is 7.56. The van der Waals surface area contributed by atoms with E-state index in [9.17, 15) is 18.0 Å². The van der Waals surface area contributed by atoms with Crippen molar-refractivity contribution >= 4 is 27.5 Å². The summed E-state index contributed by atoms with van der Waals surface area (Å²) in [5.74, 6) is 0.0457. The van der Waals surface area contributed by atoms with Gasteiger partial charge in [0, 0.05) is 30.9 Å². The summed E-state index contributed by atoms with van der Waals surface area (Å²) in [6, 6.07) is 13.5. The predicted octanol–water partition coefficient (Wildman–Crippen LogP) is 3.85. The van der Waals surface area contributed by atoms with Crippen LogP contribution in [0.2, 0.25) is 0 Å². The average Bonchev–Trinajstić information content (AvgIpc) is 2.79. The zero-order valence-electron chi connectivity index (χ0n) is 18.8. The minimum absolute atomic E-state index is 0.118. The van der Waals surface area contributed by atoms with Crippen LogP contribution in [0.15, 0.2) is 53.4 Å². The first-order chi connectivity index (χ1) is 15.2. The summed E-state index contributed by atoms with van der Waals surface area (Å²) in [5.41, 5.74) is 2.33. The first-order valence-electron chi connectivity index (χ1n) is 10.9. The smallest absolute Gasteiger partial charge is 0.319 e. The van der Waals surface area contributed by atoms with E-state index in [-0.39, 0.29) is 22.8 Å². The Morgan fingerprint density at radius 1 is 1.06 bits per heavy atom. The highest BCUT2D eigenvalue weighted by atomic mass is 32.2. The van der Waals surface area contributed by atoms with Crippen LogP contribution in [0.3, 0.4) is 0 Å². The summed E-state index contributed by atoms with van der Waals surface area (Å²) >= 11 is 0. The minimum atomic E-state index is -3.36. The van der Waals surface area contributed by atoms with Crippen LogP contribution >= 0.6 is 0 Å². The highest BCUT2D eigenvalue weighted by Crippen LogP contribution is 2.21. The van der Waals surface area contributed by atoms with Gasteiger partial charge in [-0.15, -0.1) is 0 Å². The molecule has 0 spiro atoms. The van der Waals surface area contributed by atoms with Gasteiger partial charge >= 0.3 is 6.03 Å². The average molecular weight is 458 g/mol. The van der Waals surface area contributed by atoms with Crippen LogP contribution < -0.4 is 10.6 Å². The first-order valence-corrected chi connectivity index (χ1v) is 12.5. The van der Waals surface area contributed by atoms with E-state index in [4.69, 9.17) is 0 Å². The molecule has 2 N–H and O–H groups in total. The van der Waals surface area contributed by atoms with Gasteiger partial charge in [-0.25, -0.2) is 13.2 Å². The molecule has 0 radical (unpaired) electrons. The number of hydrogen-bond acceptors (Lipinski definition) is 4. The normalized spacial score (nSPS) is 16.6. The molecule has 1 aliphatic rings. The molecular weight excluding hydrogens is 426 g/mol. The largest absolute Gasteiger partial charge is 0.338 e. The molecule has 1 heterocycles. The Balaban J connectivity index is 1.54. The fourth-order valence-electron chi connectivity index (χ4n) is 3.71. The Morgan fingerprint density at radius 2 is 1.72 bits per heavy atom. The summed E-state index contributed by atoms with van der Waals surface area (Å²) in [6.07, 6.45) is 1.79. The molecule has 1 fully saturated rings. The van der Waals surface area contributed by atoms with E-state index in [1.54, 1.807) is 30.9 Å². The third-order valence-corrected chi connectivity index (χ3v) is 7.89. The number of urea groups is 1. The molecule has 3 rings (SSSR count). The number of nitrogens with zero attached hydrogens (tertiary/aromatic N) is 1. The maximum absolute atomic E-state index is 12.9. The van der Waals surface area contributed by atoms with Crippen LogP contribution in [0, 0.1) is 12.8 Å². The number of piperidine rings is 1. The number of likely N-dealkylation sites (tertiary alicyclic amines) is 1. The second-order valence-corrected chi connectivity index (χ2v) is 11.1. The monoisotopic (exact) mass is 457 g/mol. The Bertz CT molecular complexity index is 1050. The van der Waals surface area contributed by atoms with Crippen molar-refractivity contribution in [2.45, 2.75) is 43.8 Å². The van der Waals surface area contributed by atoms with Crippen molar-refractivity contribution in [3.05, 3.63) is 59.7 Å². The quantitative estimate of drug-likeness (QED) is 0.689. The van der Waals surface area contributed by atoms with Gasteiger partial charge in [-0.2, -0.15) is 0 Å². The van der Waals surface area contributed by atoms with Gasteiger partial charge in [0.2, 0.25) is 0 Å². The molecular formula is C24H31N3O4S. The SMILES string of the molecule is Cc1ccc(NC(=O)NCC2CCCN(C(=O)c3ccc(S(=O)(=O)C(C)C)cc3)C2)cc1. The second kappa shape index (κ2) is 10.2. The molecule has 172 valence electrons. The summed E-state index contributed by atoms with van der Waals surface area (Å²) in [5, 5.41) is 5.20. The van der Waals surface area contributed by atoms with Gasteiger partial charge in [0.1, 0.15) is 0 Å². The lowest BCUT2D eigenvalue weighted by Crippen LogP contribution is -2.44. The molecule has 0 aliphatic carbocycles. The summed E-state index contributed by atoms with van der Waals surface area (Å²) < 4.78 is 24.6. The van der Waals surface area contributed by atoms with Crippen molar-refractivity contribution in [2.75, 3.05) is 25.0 Å². The maximum atomic E-state index is 12.9. The number of hydrogen-bond donors (Lipinski definition) is 2. The molecule has 0 saturated carbocycles. The summed E-state index contributed by atoms with van der Waals surface area (Å²) in [4.78, 5) is 27.1. The Morgan fingerprint density at radius 3 is 2.34 bits per heavy atom.